The van der Waals surface area contributed by atoms with Gasteiger partial charge in [0.15, 0.2) is 5.58 Å². The minimum Gasteiger partial charge on any atom is -0.490 e. The number of nitrogens with zero attached hydrogens (tertiary/aromatic N) is 5. The van der Waals surface area contributed by atoms with E-state index in [0.717, 1.165) is 48.8 Å². The number of anilines is 3. The van der Waals surface area contributed by atoms with E-state index in [1.807, 2.05) is 13.2 Å². The van der Waals surface area contributed by atoms with Crippen LogP contribution < -0.4 is 21.1 Å². The van der Waals surface area contributed by atoms with Crippen molar-refractivity contribution in [3.05, 3.63) is 54.6 Å². The smallest absolute Gasteiger partial charge is 0.420 e. The zero-order valence-corrected chi connectivity index (χ0v) is 23.7. The lowest BCUT2D eigenvalue weighted by Crippen LogP contribution is -2.36. The van der Waals surface area contributed by atoms with Crippen LogP contribution in [0.4, 0.5) is 35.2 Å². The van der Waals surface area contributed by atoms with Gasteiger partial charge in [0.25, 0.3) is 0 Å². The van der Waals surface area contributed by atoms with Crippen LogP contribution in [-0.2, 0) is 6.18 Å². The summed E-state index contributed by atoms with van der Waals surface area (Å²) in [6, 6.07) is 6.53. The first kappa shape index (κ1) is 28.0. The highest BCUT2D eigenvalue weighted by atomic mass is 19.4. The second-order valence-corrected chi connectivity index (χ2v) is 11.3. The molecule has 0 radical (unpaired) electrons. The van der Waals surface area contributed by atoms with Crippen LogP contribution in [0.2, 0.25) is 0 Å². The Hall–Kier alpha value is -4.85. The third-order valence-corrected chi connectivity index (χ3v) is 8.14. The van der Waals surface area contributed by atoms with Crippen molar-refractivity contribution < 1.29 is 27.2 Å². The Bertz CT molecular complexity index is 1870. The molecule has 1 saturated carbocycles. The highest BCUT2D eigenvalue weighted by Gasteiger charge is 2.36. The number of rotatable bonds is 6. The number of urea groups is 1. The standard InChI is InChI=1S/C30H29F3N8O3/c1-40-10-8-18(9-11-40)43-24-7-2-16(12-22(24)30(31,32)33)38-29(42)39-23-6-5-19(20-13-37-44-26(20)23)21-14-41(17-3-4-17)28-25(21)27(34)35-15-36-28/h2,5-7,12-15,17-18H,3-4,8-11H2,1H3,(H2,34,35,36)(H2,38,39,42). The van der Waals surface area contributed by atoms with Gasteiger partial charge in [-0.1, -0.05) is 11.2 Å². The minimum absolute atomic E-state index is 0.0423. The van der Waals surface area contributed by atoms with Crippen molar-refractivity contribution in [2.75, 3.05) is 36.5 Å². The zero-order valence-electron chi connectivity index (χ0n) is 23.7. The summed E-state index contributed by atoms with van der Waals surface area (Å²) in [4.78, 5) is 23.7. The quantitative estimate of drug-likeness (QED) is 0.205. The van der Waals surface area contributed by atoms with Gasteiger partial charge in [-0.15, -0.1) is 0 Å². The maximum Gasteiger partial charge on any atom is 0.420 e. The van der Waals surface area contributed by atoms with Crippen LogP contribution in [0, 0.1) is 0 Å². The molecule has 1 saturated heterocycles. The van der Waals surface area contributed by atoms with Gasteiger partial charge in [-0.25, -0.2) is 14.8 Å². The van der Waals surface area contributed by atoms with E-state index >= 15 is 0 Å². The second-order valence-electron chi connectivity index (χ2n) is 11.3. The Kier molecular flexibility index (Phi) is 6.80. The van der Waals surface area contributed by atoms with Gasteiger partial charge >= 0.3 is 12.2 Å². The largest absolute Gasteiger partial charge is 0.490 e. The van der Waals surface area contributed by atoms with E-state index < -0.39 is 17.8 Å². The number of nitrogen functional groups attached to an aromatic ring is 1. The van der Waals surface area contributed by atoms with E-state index in [2.05, 4.69) is 35.2 Å². The molecule has 2 amide bonds. The number of carbonyl (C=O) groups is 1. The lowest BCUT2D eigenvalue weighted by Gasteiger charge is -2.30. The maximum atomic E-state index is 14.0. The van der Waals surface area contributed by atoms with Crippen molar-refractivity contribution in [2.24, 2.45) is 0 Å². The topological polar surface area (TPSA) is 136 Å². The average molecular weight is 607 g/mol. The van der Waals surface area contributed by atoms with Crippen LogP contribution in [-0.4, -0.2) is 56.9 Å². The number of fused-ring (bicyclic) bond motifs is 2. The molecule has 0 spiro atoms. The predicted molar refractivity (Wildman–Crippen MR) is 158 cm³/mol. The first-order chi connectivity index (χ1) is 21.2. The molecule has 0 atom stereocenters. The summed E-state index contributed by atoms with van der Waals surface area (Å²) >= 11 is 0. The van der Waals surface area contributed by atoms with Crippen molar-refractivity contribution in [1.82, 2.24) is 24.6 Å². The summed E-state index contributed by atoms with van der Waals surface area (Å²) in [6.45, 7) is 1.50. The number of ether oxygens (including phenoxy) is 1. The van der Waals surface area contributed by atoms with Crippen molar-refractivity contribution in [3.8, 4) is 16.9 Å². The third kappa shape index (κ3) is 5.25. The van der Waals surface area contributed by atoms with Gasteiger partial charge in [0.1, 0.15) is 29.6 Å². The van der Waals surface area contributed by atoms with Crippen molar-refractivity contribution >= 4 is 45.2 Å². The van der Waals surface area contributed by atoms with Crippen LogP contribution in [0.1, 0.15) is 37.3 Å². The summed E-state index contributed by atoms with van der Waals surface area (Å²) < 4.78 is 55.2. The molecule has 1 aliphatic carbocycles. The molecule has 11 nitrogen and oxygen atoms in total. The number of halogens is 3. The van der Waals surface area contributed by atoms with Gasteiger partial charge in [-0.3, -0.25) is 0 Å². The average Bonchev–Trinajstić information content (AvgIpc) is 3.56. The molecular weight excluding hydrogens is 577 g/mol. The molecule has 7 rings (SSSR count). The lowest BCUT2D eigenvalue weighted by atomic mass is 10.0. The van der Waals surface area contributed by atoms with E-state index in [0.29, 0.717) is 41.1 Å². The molecular formula is C30H29F3N8O3. The molecule has 1 aliphatic heterocycles. The predicted octanol–water partition coefficient (Wildman–Crippen LogP) is 6.29. The number of amides is 2. The molecule has 5 aromatic rings. The summed E-state index contributed by atoms with van der Waals surface area (Å²) in [5.41, 5.74) is 8.14. The number of likely N-dealkylation sites (tertiary alicyclic amines) is 1. The van der Waals surface area contributed by atoms with Crippen LogP contribution in [0.25, 0.3) is 33.1 Å². The fourth-order valence-corrected chi connectivity index (χ4v) is 5.73. The van der Waals surface area contributed by atoms with Crippen LogP contribution in [0.5, 0.6) is 5.75 Å². The van der Waals surface area contributed by atoms with E-state index in [9.17, 15) is 18.0 Å². The second kappa shape index (κ2) is 10.7. The number of alkyl halides is 3. The number of benzene rings is 2. The number of aromatic nitrogens is 4. The van der Waals surface area contributed by atoms with E-state index in [-0.39, 0.29) is 23.2 Å². The fraction of sp³-hybridized carbons (Fsp3) is 0.333. The monoisotopic (exact) mass is 606 g/mol. The van der Waals surface area contributed by atoms with Gasteiger partial charge in [-0.2, -0.15) is 13.2 Å². The van der Waals surface area contributed by atoms with E-state index in [1.54, 1.807) is 12.1 Å². The van der Waals surface area contributed by atoms with Crippen molar-refractivity contribution in [1.29, 1.82) is 0 Å². The highest BCUT2D eigenvalue weighted by molar-refractivity contribution is 6.11. The van der Waals surface area contributed by atoms with Crippen LogP contribution in [0.15, 0.2) is 53.6 Å². The Morgan fingerprint density at radius 1 is 1.07 bits per heavy atom. The summed E-state index contributed by atoms with van der Waals surface area (Å²) in [5.74, 6) is 0.0858. The van der Waals surface area contributed by atoms with Gasteiger partial charge in [0.05, 0.1) is 28.2 Å². The molecule has 228 valence electrons. The molecule has 0 unspecified atom stereocenters. The Balaban J connectivity index is 1.13. The molecule has 0 bridgehead atoms. The summed E-state index contributed by atoms with van der Waals surface area (Å²) in [5, 5.41) is 10.4. The maximum absolute atomic E-state index is 14.0. The minimum atomic E-state index is -4.67. The highest BCUT2D eigenvalue weighted by Crippen LogP contribution is 2.44. The SMILES string of the molecule is CN1CCC(Oc2ccc(NC(=O)Nc3ccc(-c4cn(C5CC5)c5ncnc(N)c45)c4cnoc34)cc2C(F)(F)F)CC1. The van der Waals surface area contributed by atoms with Crippen LogP contribution >= 0.6 is 0 Å². The zero-order chi connectivity index (χ0) is 30.6. The number of nitrogens with two attached hydrogens (primary N) is 1. The van der Waals surface area contributed by atoms with Gasteiger partial charge in [0.2, 0.25) is 0 Å². The normalized spacial score (nSPS) is 16.5. The summed E-state index contributed by atoms with van der Waals surface area (Å²) in [7, 11) is 1.96. The van der Waals surface area contributed by atoms with Gasteiger partial charge < -0.3 is 35.1 Å². The first-order valence-corrected chi connectivity index (χ1v) is 14.3. The number of carbonyl (C=O) groups excluding carboxylic acids is 1. The molecule has 14 heteroatoms. The van der Waals surface area contributed by atoms with E-state index in [1.165, 1.54) is 24.7 Å². The molecule has 3 aromatic heterocycles. The van der Waals surface area contributed by atoms with Crippen LogP contribution in [0.3, 0.4) is 0 Å². The number of hydrogen-bond acceptors (Lipinski definition) is 8. The Morgan fingerprint density at radius 3 is 2.61 bits per heavy atom. The van der Waals surface area contributed by atoms with Gasteiger partial charge in [-0.05, 0) is 62.6 Å². The summed E-state index contributed by atoms with van der Waals surface area (Å²) in [6.07, 6.45) is 3.35. The molecule has 44 heavy (non-hydrogen) atoms. The molecule has 2 aromatic carbocycles. The Labute approximate surface area is 249 Å². The molecule has 2 fully saturated rings. The van der Waals surface area contributed by atoms with E-state index in [4.69, 9.17) is 15.0 Å². The first-order valence-electron chi connectivity index (χ1n) is 14.3. The number of hydrogen-bond donors (Lipinski definition) is 3. The third-order valence-electron chi connectivity index (χ3n) is 8.14. The molecule has 4 N–H and O–H groups in total. The number of nitrogens with one attached hydrogen (secondary N) is 2. The Morgan fingerprint density at radius 2 is 1.86 bits per heavy atom. The molecule has 2 aliphatic rings. The lowest BCUT2D eigenvalue weighted by molar-refractivity contribution is -0.139. The van der Waals surface area contributed by atoms with Crippen molar-refractivity contribution in [3.63, 3.8) is 0 Å². The van der Waals surface area contributed by atoms with Gasteiger partial charge in [0, 0.05) is 36.6 Å². The fourth-order valence-electron chi connectivity index (χ4n) is 5.73. The number of piperidine rings is 1. The molecule has 4 heterocycles. The van der Waals surface area contributed by atoms with Crippen molar-refractivity contribution in [2.45, 2.75) is 44.0 Å².